The Bertz CT molecular complexity index is 672. The molecule has 8 atom stereocenters. The van der Waals surface area contributed by atoms with E-state index in [1.807, 2.05) is 0 Å². The van der Waals surface area contributed by atoms with Crippen molar-refractivity contribution in [2.45, 2.75) is 76.9 Å². The van der Waals surface area contributed by atoms with Gasteiger partial charge in [-0.1, -0.05) is 30.9 Å². The molecular weight excluding hydrogens is 348 g/mol. The maximum absolute atomic E-state index is 11.2. The first-order valence-electron chi connectivity index (χ1n) is 11.6. The SMILES string of the molecule is C#CC(O)[C@]12CC[C@H]3[C@@H](CC=C4CCCC[C@@]43C)[C@@H]1CC[C@@H]2C1COCCO1. The van der Waals surface area contributed by atoms with Crippen LogP contribution >= 0.6 is 0 Å². The van der Waals surface area contributed by atoms with Crippen molar-refractivity contribution < 1.29 is 14.6 Å². The summed E-state index contributed by atoms with van der Waals surface area (Å²) in [6.07, 6.45) is 19.0. The number of terminal acetylenes is 1. The van der Waals surface area contributed by atoms with E-state index in [0.717, 1.165) is 18.8 Å². The minimum absolute atomic E-state index is 0.0956. The van der Waals surface area contributed by atoms with E-state index in [4.69, 9.17) is 15.9 Å². The summed E-state index contributed by atoms with van der Waals surface area (Å²) in [7, 11) is 0. The van der Waals surface area contributed by atoms with Gasteiger partial charge in [-0.3, -0.25) is 0 Å². The maximum Gasteiger partial charge on any atom is 0.120 e. The Balaban J connectivity index is 1.50. The smallest absolute Gasteiger partial charge is 0.120 e. The van der Waals surface area contributed by atoms with Crippen molar-refractivity contribution in [1.29, 1.82) is 0 Å². The third-order valence-corrected chi connectivity index (χ3v) is 9.63. The van der Waals surface area contributed by atoms with E-state index in [1.54, 1.807) is 5.57 Å². The number of fused-ring (bicyclic) bond motifs is 5. The molecule has 0 aromatic heterocycles. The molecule has 1 aliphatic heterocycles. The van der Waals surface area contributed by atoms with Crippen LogP contribution in [0.4, 0.5) is 0 Å². The molecule has 154 valence electrons. The van der Waals surface area contributed by atoms with E-state index < -0.39 is 6.10 Å². The molecule has 0 aromatic rings. The fraction of sp³-hybridized carbons (Fsp3) is 0.840. The molecule has 4 fully saturated rings. The molecule has 3 heteroatoms. The minimum Gasteiger partial charge on any atom is -0.380 e. The van der Waals surface area contributed by atoms with Crippen LogP contribution in [0, 0.1) is 46.8 Å². The van der Waals surface area contributed by atoms with Crippen LogP contribution in [0.15, 0.2) is 11.6 Å². The highest BCUT2D eigenvalue weighted by Crippen LogP contribution is 2.67. The number of hydrogen-bond donors (Lipinski definition) is 1. The predicted molar refractivity (Wildman–Crippen MR) is 110 cm³/mol. The number of rotatable bonds is 2. The summed E-state index contributed by atoms with van der Waals surface area (Å²) < 4.78 is 11.9. The zero-order chi connectivity index (χ0) is 19.4. The standard InChI is InChI=1S/C25H36O3/c1-3-23(26)25-13-11-19-18(8-7-17-6-4-5-12-24(17,19)2)20(25)9-10-21(25)22-16-27-14-15-28-22/h1,7,18-23,26H,4-6,8-16H2,2H3/t18-,19+,20+,21-,22?,23?,24+,25-/m1/s1. The molecule has 1 heterocycles. The molecule has 3 nitrogen and oxygen atoms in total. The first-order chi connectivity index (χ1) is 13.6. The summed E-state index contributed by atoms with van der Waals surface area (Å²) >= 11 is 0. The molecule has 1 N–H and O–H groups in total. The minimum atomic E-state index is -0.666. The van der Waals surface area contributed by atoms with E-state index >= 15 is 0 Å². The van der Waals surface area contributed by atoms with Gasteiger partial charge >= 0.3 is 0 Å². The van der Waals surface area contributed by atoms with Gasteiger partial charge in [0.15, 0.2) is 0 Å². The Morgan fingerprint density at radius 1 is 1.14 bits per heavy atom. The Morgan fingerprint density at radius 3 is 2.79 bits per heavy atom. The molecule has 0 bridgehead atoms. The van der Waals surface area contributed by atoms with Gasteiger partial charge in [0.25, 0.3) is 0 Å². The molecule has 0 amide bonds. The highest BCUT2D eigenvalue weighted by Gasteiger charge is 2.63. The predicted octanol–water partition coefficient (Wildman–Crippen LogP) is 4.35. The zero-order valence-corrected chi connectivity index (χ0v) is 17.4. The molecule has 2 unspecified atom stereocenters. The molecule has 5 rings (SSSR count). The summed E-state index contributed by atoms with van der Waals surface area (Å²) in [5.74, 6) is 5.04. The lowest BCUT2D eigenvalue weighted by molar-refractivity contribution is -0.166. The van der Waals surface area contributed by atoms with Crippen LogP contribution in [-0.2, 0) is 9.47 Å². The van der Waals surface area contributed by atoms with E-state index in [2.05, 4.69) is 18.9 Å². The van der Waals surface area contributed by atoms with Crippen LogP contribution in [-0.4, -0.2) is 37.1 Å². The van der Waals surface area contributed by atoms with E-state index in [9.17, 15) is 5.11 Å². The van der Waals surface area contributed by atoms with Gasteiger partial charge in [0.1, 0.15) is 6.10 Å². The number of ether oxygens (including phenoxy) is 2. The molecule has 0 radical (unpaired) electrons. The van der Waals surface area contributed by atoms with Crippen LogP contribution in [0.5, 0.6) is 0 Å². The fourth-order valence-electron chi connectivity index (χ4n) is 8.43. The monoisotopic (exact) mass is 384 g/mol. The lowest BCUT2D eigenvalue weighted by Crippen LogP contribution is -2.56. The number of aliphatic hydroxyl groups excluding tert-OH is 1. The van der Waals surface area contributed by atoms with Gasteiger partial charge in [-0.05, 0) is 80.5 Å². The quantitative estimate of drug-likeness (QED) is 0.568. The van der Waals surface area contributed by atoms with Crippen LogP contribution < -0.4 is 0 Å². The van der Waals surface area contributed by atoms with E-state index in [0.29, 0.717) is 43.0 Å². The number of hydrogen-bond acceptors (Lipinski definition) is 3. The molecule has 0 spiro atoms. The van der Waals surface area contributed by atoms with Gasteiger partial charge < -0.3 is 14.6 Å². The Morgan fingerprint density at radius 2 is 2.00 bits per heavy atom. The topological polar surface area (TPSA) is 38.7 Å². The van der Waals surface area contributed by atoms with Gasteiger partial charge in [0, 0.05) is 5.41 Å². The fourth-order valence-corrected chi connectivity index (χ4v) is 8.43. The summed E-state index contributed by atoms with van der Waals surface area (Å²) in [4.78, 5) is 0. The van der Waals surface area contributed by atoms with Crippen molar-refractivity contribution >= 4 is 0 Å². The van der Waals surface area contributed by atoms with Crippen molar-refractivity contribution in [1.82, 2.24) is 0 Å². The van der Waals surface area contributed by atoms with Crippen LogP contribution in [0.25, 0.3) is 0 Å². The first kappa shape index (κ1) is 19.2. The second-order valence-corrected chi connectivity index (χ2v) is 10.4. The average Bonchev–Trinajstić information content (AvgIpc) is 3.14. The van der Waals surface area contributed by atoms with Crippen LogP contribution in [0.1, 0.15) is 64.7 Å². The molecular formula is C25H36O3. The largest absolute Gasteiger partial charge is 0.380 e. The van der Waals surface area contributed by atoms with Gasteiger partial charge in [0.2, 0.25) is 0 Å². The Labute approximate surface area is 170 Å². The van der Waals surface area contributed by atoms with E-state index in [1.165, 1.54) is 44.9 Å². The average molecular weight is 385 g/mol. The van der Waals surface area contributed by atoms with Crippen LogP contribution in [0.3, 0.4) is 0 Å². The lowest BCUT2D eigenvalue weighted by Gasteiger charge is -2.59. The van der Waals surface area contributed by atoms with Crippen LogP contribution in [0.2, 0.25) is 0 Å². The summed E-state index contributed by atoms with van der Waals surface area (Å²) in [6, 6.07) is 0. The van der Waals surface area contributed by atoms with Crippen molar-refractivity contribution in [3.05, 3.63) is 11.6 Å². The normalized spacial score (nSPS) is 49.2. The number of allylic oxidation sites excluding steroid dienone is 2. The summed E-state index contributed by atoms with van der Waals surface area (Å²) in [5, 5.41) is 11.2. The lowest BCUT2D eigenvalue weighted by atomic mass is 9.46. The second-order valence-electron chi connectivity index (χ2n) is 10.4. The molecule has 0 aromatic carbocycles. The number of aliphatic hydroxyl groups is 1. The van der Waals surface area contributed by atoms with Crippen molar-refractivity contribution in [3.8, 4) is 12.3 Å². The summed E-state index contributed by atoms with van der Waals surface area (Å²) in [5.41, 5.74) is 1.94. The van der Waals surface area contributed by atoms with Crippen molar-refractivity contribution in [3.63, 3.8) is 0 Å². The second kappa shape index (κ2) is 7.15. The van der Waals surface area contributed by atoms with Gasteiger partial charge in [-0.25, -0.2) is 0 Å². The zero-order valence-electron chi connectivity index (χ0n) is 17.4. The van der Waals surface area contributed by atoms with Gasteiger partial charge in [-0.2, -0.15) is 0 Å². The highest BCUT2D eigenvalue weighted by atomic mass is 16.6. The summed E-state index contributed by atoms with van der Waals surface area (Å²) in [6.45, 7) is 4.56. The Hall–Kier alpha value is -0.820. The molecule has 5 aliphatic rings. The van der Waals surface area contributed by atoms with Gasteiger partial charge in [-0.15, -0.1) is 6.42 Å². The maximum atomic E-state index is 11.2. The molecule has 3 saturated carbocycles. The van der Waals surface area contributed by atoms with E-state index in [-0.39, 0.29) is 11.5 Å². The van der Waals surface area contributed by atoms with Gasteiger partial charge in [0.05, 0.1) is 25.9 Å². The molecule has 28 heavy (non-hydrogen) atoms. The highest BCUT2D eigenvalue weighted by molar-refractivity contribution is 5.26. The van der Waals surface area contributed by atoms with Crippen molar-refractivity contribution in [2.24, 2.45) is 34.5 Å². The third kappa shape index (κ3) is 2.60. The molecule has 1 saturated heterocycles. The molecule has 4 aliphatic carbocycles. The Kier molecular flexibility index (Phi) is 4.89. The van der Waals surface area contributed by atoms with Crippen molar-refractivity contribution in [2.75, 3.05) is 19.8 Å². The first-order valence-corrected chi connectivity index (χ1v) is 11.6. The third-order valence-electron chi connectivity index (χ3n) is 9.63.